The van der Waals surface area contributed by atoms with Crippen molar-refractivity contribution in [1.29, 1.82) is 0 Å². The number of benzene rings is 1. The molecule has 1 rings (SSSR count). The van der Waals surface area contributed by atoms with Gasteiger partial charge in [0.05, 0.1) is 12.6 Å². The predicted molar refractivity (Wildman–Crippen MR) is 83.5 cm³/mol. The molecule has 1 aromatic rings. The normalized spacial score (nSPS) is 13.8. The van der Waals surface area contributed by atoms with Crippen molar-refractivity contribution in [1.82, 2.24) is 10.2 Å². The molecule has 2 unspecified atom stereocenters. The van der Waals surface area contributed by atoms with Crippen LogP contribution in [0.4, 0.5) is 0 Å². The summed E-state index contributed by atoms with van der Waals surface area (Å²) in [4.78, 5) is 0. The lowest BCUT2D eigenvalue weighted by molar-refractivity contribution is 0.332. The first-order valence-corrected chi connectivity index (χ1v) is 9.25. The van der Waals surface area contributed by atoms with Gasteiger partial charge < -0.3 is 0 Å². The smallest absolute Gasteiger partial charge is 0.130 e. The number of hydrogen-bond acceptors (Lipinski definition) is 4. The highest BCUT2D eigenvalue weighted by Crippen LogP contribution is 2.20. The van der Waals surface area contributed by atoms with Crippen LogP contribution in [0.25, 0.3) is 0 Å². The highest BCUT2D eigenvalue weighted by molar-refractivity contribution is 7.37. The van der Waals surface area contributed by atoms with Crippen LogP contribution in [-0.2, 0) is 24.6 Å². The Morgan fingerprint density at radius 1 is 1.05 bits per heavy atom. The van der Waals surface area contributed by atoms with E-state index in [0.717, 1.165) is 5.56 Å². The van der Waals surface area contributed by atoms with Crippen molar-refractivity contribution in [3.8, 4) is 0 Å². The zero-order valence-electron chi connectivity index (χ0n) is 12.3. The van der Waals surface area contributed by atoms with Gasteiger partial charge in [0.1, 0.15) is 13.2 Å². The second kappa shape index (κ2) is 10.9. The summed E-state index contributed by atoms with van der Waals surface area (Å²) < 4.78 is 33.2. The molecule has 0 saturated carbocycles. The largest absolute Gasteiger partial charge is 0.613 e. The van der Waals surface area contributed by atoms with E-state index in [9.17, 15) is 9.13 Å². The molecule has 3 atom stereocenters. The van der Waals surface area contributed by atoms with Gasteiger partial charge in [-0.15, -0.1) is 9.05 Å². The van der Waals surface area contributed by atoms with Crippen molar-refractivity contribution in [2.24, 2.45) is 0 Å². The first-order chi connectivity index (χ1) is 10.2. The maximum Gasteiger partial charge on any atom is 0.613 e. The van der Waals surface area contributed by atoms with Crippen molar-refractivity contribution >= 4 is 16.4 Å². The fourth-order valence-corrected chi connectivity index (χ4v) is 3.20. The molecule has 0 heterocycles. The molecule has 6 nitrogen and oxygen atoms in total. The molecule has 0 aromatic heterocycles. The fraction of sp³-hybridized carbons (Fsp3) is 0.538. The molecule has 116 valence electrons. The van der Waals surface area contributed by atoms with E-state index in [1.165, 1.54) is 0 Å². The van der Waals surface area contributed by atoms with Crippen LogP contribution in [0.1, 0.15) is 19.4 Å². The van der Waals surface area contributed by atoms with Gasteiger partial charge in [0.2, 0.25) is 0 Å². The molecule has 0 aliphatic heterocycles. The molecule has 0 saturated heterocycles. The van der Waals surface area contributed by atoms with E-state index >= 15 is 0 Å². The average molecular weight is 332 g/mol. The van der Waals surface area contributed by atoms with Crippen molar-refractivity contribution in [2.75, 3.05) is 19.8 Å². The Morgan fingerprint density at radius 3 is 2.29 bits per heavy atom. The van der Waals surface area contributed by atoms with Crippen LogP contribution in [0.2, 0.25) is 0 Å². The van der Waals surface area contributed by atoms with Crippen molar-refractivity contribution in [2.45, 2.75) is 26.3 Å². The van der Waals surface area contributed by atoms with Crippen LogP contribution in [-0.4, -0.2) is 25.8 Å². The second-order valence-corrected chi connectivity index (χ2v) is 6.35. The molecule has 0 spiro atoms. The molecular weight excluding hydrogens is 310 g/mol. The first kappa shape index (κ1) is 18.3. The van der Waals surface area contributed by atoms with Gasteiger partial charge in [0.15, 0.2) is 0 Å². The SMILES string of the molecule is CCO[P+](=O)NC[C@@H](Cc1ccccc1)N[P+](=O)OCC. The minimum atomic E-state index is -1.93. The van der Waals surface area contributed by atoms with Crippen LogP contribution in [0.5, 0.6) is 0 Å². The summed E-state index contributed by atoms with van der Waals surface area (Å²) in [5.41, 5.74) is 1.10. The van der Waals surface area contributed by atoms with Crippen LogP contribution in [0.15, 0.2) is 30.3 Å². The van der Waals surface area contributed by atoms with E-state index in [-0.39, 0.29) is 6.04 Å². The summed E-state index contributed by atoms with van der Waals surface area (Å²) in [6.07, 6.45) is 0.650. The lowest BCUT2D eigenvalue weighted by Crippen LogP contribution is -2.35. The lowest BCUT2D eigenvalue weighted by atomic mass is 10.1. The predicted octanol–water partition coefficient (Wildman–Crippen LogP) is 3.16. The van der Waals surface area contributed by atoms with Crippen LogP contribution >= 0.6 is 16.4 Å². The number of hydrogen-bond donors (Lipinski definition) is 2. The second-order valence-electron chi connectivity index (χ2n) is 4.23. The van der Waals surface area contributed by atoms with E-state index < -0.39 is 16.4 Å². The molecule has 0 aliphatic rings. The Kier molecular flexibility index (Phi) is 9.51. The summed E-state index contributed by atoms with van der Waals surface area (Å²) in [5.74, 6) is 0. The molecule has 1 aromatic carbocycles. The minimum absolute atomic E-state index is 0.165. The highest BCUT2D eigenvalue weighted by atomic mass is 31.1. The van der Waals surface area contributed by atoms with Gasteiger partial charge in [-0.2, -0.15) is 0 Å². The first-order valence-electron chi connectivity index (χ1n) is 6.89. The van der Waals surface area contributed by atoms with Crippen molar-refractivity contribution in [3.63, 3.8) is 0 Å². The molecule has 2 N–H and O–H groups in total. The third-order valence-electron chi connectivity index (χ3n) is 2.57. The highest BCUT2D eigenvalue weighted by Gasteiger charge is 2.27. The van der Waals surface area contributed by atoms with E-state index in [4.69, 9.17) is 9.05 Å². The van der Waals surface area contributed by atoms with Crippen LogP contribution < -0.4 is 10.2 Å². The van der Waals surface area contributed by atoms with Gasteiger partial charge in [0, 0.05) is 0 Å². The maximum absolute atomic E-state index is 11.7. The van der Waals surface area contributed by atoms with Gasteiger partial charge in [-0.05, 0) is 35.0 Å². The number of rotatable bonds is 11. The molecule has 0 amide bonds. The van der Waals surface area contributed by atoms with E-state index in [0.29, 0.717) is 26.2 Å². The molecule has 21 heavy (non-hydrogen) atoms. The van der Waals surface area contributed by atoms with Gasteiger partial charge in [-0.3, -0.25) is 0 Å². The van der Waals surface area contributed by atoms with Gasteiger partial charge in [-0.1, -0.05) is 40.5 Å². The average Bonchev–Trinajstić information content (AvgIpc) is 2.46. The Labute approximate surface area is 127 Å². The minimum Gasteiger partial charge on any atom is -0.130 e. The van der Waals surface area contributed by atoms with Crippen molar-refractivity contribution < 1.29 is 18.2 Å². The van der Waals surface area contributed by atoms with Crippen molar-refractivity contribution in [3.05, 3.63) is 35.9 Å². The van der Waals surface area contributed by atoms with Crippen LogP contribution in [0.3, 0.4) is 0 Å². The molecule has 0 bridgehead atoms. The van der Waals surface area contributed by atoms with E-state index in [2.05, 4.69) is 10.2 Å². The quantitative estimate of drug-likeness (QED) is 0.606. The molecule has 8 heteroatoms. The topological polar surface area (TPSA) is 76.7 Å². The standard InChI is InChI=1S/C13H22N2O4P2/c1-3-18-20(16)14-11-13(15-21(17)19-4-2)10-12-8-6-5-7-9-12/h5-9,13H,3-4,10-11H2,1-2H3,(H,14,16)(H,15,17)/q+2/t13-/m1/s1. The van der Waals surface area contributed by atoms with Gasteiger partial charge >= 0.3 is 16.4 Å². The summed E-state index contributed by atoms with van der Waals surface area (Å²) in [7, 11) is -3.83. The summed E-state index contributed by atoms with van der Waals surface area (Å²) >= 11 is 0. The zero-order chi connectivity index (χ0) is 15.5. The van der Waals surface area contributed by atoms with Crippen LogP contribution in [0, 0.1) is 0 Å². The Balaban J connectivity index is 2.56. The zero-order valence-corrected chi connectivity index (χ0v) is 14.1. The van der Waals surface area contributed by atoms with E-state index in [1.54, 1.807) is 13.8 Å². The van der Waals surface area contributed by atoms with E-state index in [1.807, 2.05) is 30.3 Å². The summed E-state index contributed by atoms with van der Waals surface area (Å²) in [6.45, 7) is 4.69. The third kappa shape index (κ3) is 8.32. The lowest BCUT2D eigenvalue weighted by Gasteiger charge is -2.10. The monoisotopic (exact) mass is 332 g/mol. The number of nitrogens with one attached hydrogen (secondary N) is 2. The Hall–Kier alpha value is -0.740. The summed E-state index contributed by atoms with van der Waals surface area (Å²) in [6, 6.07) is 9.65. The fourth-order valence-electron chi connectivity index (χ4n) is 1.71. The molecule has 0 radical (unpaired) electrons. The van der Waals surface area contributed by atoms with Gasteiger partial charge in [0.25, 0.3) is 0 Å². The molecule has 0 fully saturated rings. The maximum atomic E-state index is 11.7. The van der Waals surface area contributed by atoms with Gasteiger partial charge in [-0.25, -0.2) is 0 Å². The molecular formula is C13H22N2O4P2+2. The Bertz CT molecular complexity index is 445. The Morgan fingerprint density at radius 2 is 1.67 bits per heavy atom. The third-order valence-corrected chi connectivity index (χ3v) is 4.57. The molecule has 0 aliphatic carbocycles. The summed E-state index contributed by atoms with van der Waals surface area (Å²) in [5, 5.41) is 5.70.